The van der Waals surface area contributed by atoms with Crippen LogP contribution in [0.1, 0.15) is 25.7 Å². The van der Waals surface area contributed by atoms with E-state index in [9.17, 15) is 4.79 Å². The molecule has 0 aromatic carbocycles. The number of carbonyl (C=O) groups is 1. The van der Waals surface area contributed by atoms with Crippen molar-refractivity contribution in [3.63, 3.8) is 0 Å². The molecular formula is C11H20N2OS. The van der Waals surface area contributed by atoms with E-state index in [-0.39, 0.29) is 6.03 Å². The molecule has 0 saturated carbocycles. The Bertz CT molecular complexity index is 223. The van der Waals surface area contributed by atoms with Crippen molar-refractivity contribution in [3.8, 4) is 0 Å². The van der Waals surface area contributed by atoms with Crippen LogP contribution in [0.5, 0.6) is 0 Å². The van der Waals surface area contributed by atoms with Gasteiger partial charge in [0.25, 0.3) is 0 Å². The molecule has 2 amide bonds. The number of urea groups is 1. The zero-order chi connectivity index (χ0) is 10.7. The minimum Gasteiger partial charge on any atom is -0.325 e. The molecule has 15 heavy (non-hydrogen) atoms. The van der Waals surface area contributed by atoms with Gasteiger partial charge in [-0.05, 0) is 31.4 Å². The fraction of sp³-hybridized carbons (Fsp3) is 0.909. The van der Waals surface area contributed by atoms with Crippen molar-refractivity contribution in [1.29, 1.82) is 0 Å². The number of rotatable bonds is 1. The van der Waals surface area contributed by atoms with Gasteiger partial charge in [-0.1, -0.05) is 0 Å². The summed E-state index contributed by atoms with van der Waals surface area (Å²) in [6.07, 6.45) is 4.81. The molecule has 3 nitrogen and oxygen atoms in total. The molecule has 2 fully saturated rings. The first kappa shape index (κ1) is 11.1. The van der Waals surface area contributed by atoms with Crippen LogP contribution < -0.4 is 0 Å². The fourth-order valence-electron chi connectivity index (χ4n) is 2.29. The van der Waals surface area contributed by atoms with E-state index in [2.05, 4.69) is 0 Å². The van der Waals surface area contributed by atoms with E-state index in [0.29, 0.717) is 6.04 Å². The highest BCUT2D eigenvalue weighted by molar-refractivity contribution is 7.99. The van der Waals surface area contributed by atoms with Crippen LogP contribution in [0, 0.1) is 0 Å². The highest BCUT2D eigenvalue weighted by Crippen LogP contribution is 2.22. The Balaban J connectivity index is 1.87. The molecule has 0 aromatic rings. The van der Waals surface area contributed by atoms with Gasteiger partial charge in [-0.2, -0.15) is 11.8 Å². The lowest BCUT2D eigenvalue weighted by Crippen LogP contribution is -2.47. The number of piperidine rings is 1. The first-order chi connectivity index (χ1) is 7.29. The van der Waals surface area contributed by atoms with Crippen molar-refractivity contribution in [2.24, 2.45) is 0 Å². The van der Waals surface area contributed by atoms with Gasteiger partial charge in [0.05, 0.1) is 0 Å². The average molecular weight is 228 g/mol. The van der Waals surface area contributed by atoms with E-state index in [1.165, 1.54) is 31.4 Å². The van der Waals surface area contributed by atoms with E-state index < -0.39 is 0 Å². The summed E-state index contributed by atoms with van der Waals surface area (Å²) in [6, 6.07) is 0.728. The van der Waals surface area contributed by atoms with Crippen LogP contribution in [-0.4, -0.2) is 53.5 Å². The Hall–Kier alpha value is -0.380. The number of hydrogen-bond donors (Lipinski definition) is 0. The van der Waals surface area contributed by atoms with Gasteiger partial charge in [-0.25, -0.2) is 4.79 Å². The minimum absolute atomic E-state index is 0.252. The quantitative estimate of drug-likeness (QED) is 0.685. The van der Waals surface area contributed by atoms with Crippen LogP contribution in [0.3, 0.4) is 0 Å². The summed E-state index contributed by atoms with van der Waals surface area (Å²) in [5.74, 6) is 2.33. The zero-order valence-electron chi connectivity index (χ0n) is 9.45. The first-order valence-corrected chi connectivity index (χ1v) is 7.04. The van der Waals surface area contributed by atoms with E-state index in [4.69, 9.17) is 0 Å². The summed E-state index contributed by atoms with van der Waals surface area (Å²) >= 11 is 1.96. The van der Waals surface area contributed by atoms with Gasteiger partial charge in [0.1, 0.15) is 0 Å². The van der Waals surface area contributed by atoms with Crippen LogP contribution in [-0.2, 0) is 0 Å². The van der Waals surface area contributed by atoms with Gasteiger partial charge in [-0.3, -0.25) is 0 Å². The second kappa shape index (κ2) is 5.10. The summed E-state index contributed by atoms with van der Waals surface area (Å²) in [4.78, 5) is 16.1. The molecule has 4 heteroatoms. The molecule has 0 radical (unpaired) electrons. The molecule has 2 saturated heterocycles. The van der Waals surface area contributed by atoms with Gasteiger partial charge < -0.3 is 9.80 Å². The first-order valence-electron chi connectivity index (χ1n) is 5.88. The third-order valence-corrected chi connectivity index (χ3v) is 4.53. The van der Waals surface area contributed by atoms with Crippen LogP contribution in [0.2, 0.25) is 0 Å². The molecular weight excluding hydrogens is 208 g/mol. The smallest absolute Gasteiger partial charge is 0.320 e. The molecule has 1 unspecified atom stereocenters. The predicted molar refractivity (Wildman–Crippen MR) is 64.3 cm³/mol. The topological polar surface area (TPSA) is 23.6 Å². The van der Waals surface area contributed by atoms with E-state index >= 15 is 0 Å². The average Bonchev–Trinajstić information content (AvgIpc) is 2.82. The summed E-state index contributed by atoms with van der Waals surface area (Å²) in [7, 11) is 1.97. The fourth-order valence-corrected chi connectivity index (χ4v) is 3.56. The Kier molecular flexibility index (Phi) is 3.78. The Morgan fingerprint density at radius 1 is 1.33 bits per heavy atom. The molecule has 2 rings (SSSR count). The SMILES string of the molecule is CN(C(=O)N1CCCCC1)C1CCSC1. The lowest BCUT2D eigenvalue weighted by molar-refractivity contribution is 0.141. The highest BCUT2D eigenvalue weighted by atomic mass is 32.2. The Labute approximate surface area is 96.2 Å². The van der Waals surface area contributed by atoms with E-state index in [0.717, 1.165) is 18.8 Å². The molecule has 2 aliphatic rings. The normalized spacial score (nSPS) is 26.7. The summed E-state index contributed by atoms with van der Waals surface area (Å²) in [5, 5.41) is 0. The van der Waals surface area contributed by atoms with Gasteiger partial charge in [0, 0.05) is 31.9 Å². The van der Waals surface area contributed by atoms with E-state index in [1.54, 1.807) is 0 Å². The number of thioether (sulfide) groups is 1. The number of nitrogens with zero attached hydrogens (tertiary/aromatic N) is 2. The molecule has 0 N–H and O–H groups in total. The second-order valence-electron chi connectivity index (χ2n) is 4.46. The molecule has 2 aliphatic heterocycles. The molecule has 1 atom stereocenters. The zero-order valence-corrected chi connectivity index (χ0v) is 10.3. The molecule has 86 valence electrons. The predicted octanol–water partition coefficient (Wildman–Crippen LogP) is 2.03. The molecule has 2 heterocycles. The third kappa shape index (κ3) is 2.60. The molecule has 0 spiro atoms. The van der Waals surface area contributed by atoms with Crippen molar-refractivity contribution < 1.29 is 4.79 Å². The lowest BCUT2D eigenvalue weighted by Gasteiger charge is -2.33. The van der Waals surface area contributed by atoms with Crippen molar-refractivity contribution in [1.82, 2.24) is 9.80 Å². The van der Waals surface area contributed by atoms with Crippen molar-refractivity contribution >= 4 is 17.8 Å². The maximum Gasteiger partial charge on any atom is 0.320 e. The van der Waals surface area contributed by atoms with Crippen molar-refractivity contribution in [2.75, 3.05) is 31.6 Å². The van der Waals surface area contributed by atoms with Gasteiger partial charge in [0.2, 0.25) is 0 Å². The summed E-state index contributed by atoms with van der Waals surface area (Å²) in [5.41, 5.74) is 0. The van der Waals surface area contributed by atoms with Crippen LogP contribution in [0.25, 0.3) is 0 Å². The molecule has 0 aliphatic carbocycles. The van der Waals surface area contributed by atoms with Crippen LogP contribution in [0.4, 0.5) is 4.79 Å². The van der Waals surface area contributed by atoms with Gasteiger partial charge in [-0.15, -0.1) is 0 Å². The number of likely N-dealkylation sites (tertiary alicyclic amines) is 1. The monoisotopic (exact) mass is 228 g/mol. The van der Waals surface area contributed by atoms with Gasteiger partial charge >= 0.3 is 6.03 Å². The largest absolute Gasteiger partial charge is 0.325 e. The number of hydrogen-bond acceptors (Lipinski definition) is 2. The Morgan fingerprint density at radius 2 is 2.07 bits per heavy atom. The van der Waals surface area contributed by atoms with Gasteiger partial charge in [0.15, 0.2) is 0 Å². The molecule has 0 aromatic heterocycles. The van der Waals surface area contributed by atoms with E-state index in [1.807, 2.05) is 28.6 Å². The maximum atomic E-state index is 12.1. The minimum atomic E-state index is 0.252. The second-order valence-corrected chi connectivity index (χ2v) is 5.61. The number of amides is 2. The van der Waals surface area contributed by atoms with Crippen LogP contribution >= 0.6 is 11.8 Å². The Morgan fingerprint density at radius 3 is 2.67 bits per heavy atom. The molecule has 0 bridgehead atoms. The standard InChI is InChI=1S/C11H20N2OS/c1-12(10-5-8-15-9-10)11(14)13-6-3-2-4-7-13/h10H,2-9H2,1H3. The lowest BCUT2D eigenvalue weighted by atomic mass is 10.1. The summed E-state index contributed by atoms with van der Waals surface area (Å²) in [6.45, 7) is 1.92. The third-order valence-electron chi connectivity index (χ3n) is 3.38. The van der Waals surface area contributed by atoms with Crippen molar-refractivity contribution in [3.05, 3.63) is 0 Å². The highest BCUT2D eigenvalue weighted by Gasteiger charge is 2.27. The summed E-state index contributed by atoms with van der Waals surface area (Å²) < 4.78 is 0. The number of carbonyl (C=O) groups excluding carboxylic acids is 1. The van der Waals surface area contributed by atoms with Crippen molar-refractivity contribution in [2.45, 2.75) is 31.7 Å². The van der Waals surface area contributed by atoms with Crippen LogP contribution in [0.15, 0.2) is 0 Å². The maximum absolute atomic E-state index is 12.1.